The third kappa shape index (κ3) is 5.46. The lowest BCUT2D eigenvalue weighted by Gasteiger charge is -2.13. The summed E-state index contributed by atoms with van der Waals surface area (Å²) in [5.41, 5.74) is 2.43. The van der Waals surface area contributed by atoms with Gasteiger partial charge in [-0.05, 0) is 30.7 Å². The molecule has 1 heterocycles. The predicted molar refractivity (Wildman–Crippen MR) is 119 cm³/mol. The Morgan fingerprint density at radius 1 is 1.17 bits per heavy atom. The molecule has 0 aromatic heterocycles. The van der Waals surface area contributed by atoms with Crippen LogP contribution in [0.1, 0.15) is 50.2 Å². The van der Waals surface area contributed by atoms with Crippen LogP contribution in [0.4, 0.5) is 5.69 Å². The van der Waals surface area contributed by atoms with Gasteiger partial charge in [0.2, 0.25) is 0 Å². The summed E-state index contributed by atoms with van der Waals surface area (Å²) in [7, 11) is 0. The number of fused-ring (bicyclic) bond motifs is 1. The van der Waals surface area contributed by atoms with Crippen molar-refractivity contribution < 1.29 is 14.3 Å². The topological polar surface area (TPSA) is 67.8 Å². The molecule has 1 atom stereocenters. The number of carbonyl (C=O) groups is 2. The van der Waals surface area contributed by atoms with Crippen molar-refractivity contribution >= 4 is 50.8 Å². The van der Waals surface area contributed by atoms with Crippen molar-refractivity contribution in [1.82, 2.24) is 0 Å². The summed E-state index contributed by atoms with van der Waals surface area (Å²) in [6.45, 7) is 2.11. The van der Waals surface area contributed by atoms with Crippen molar-refractivity contribution in [1.29, 1.82) is 0 Å². The lowest BCUT2D eigenvalue weighted by Crippen LogP contribution is -2.30. The Balaban J connectivity index is 1.94. The van der Waals surface area contributed by atoms with E-state index in [-0.39, 0.29) is 6.42 Å². The molecule has 0 saturated heterocycles. The first kappa shape index (κ1) is 21.5. The molecule has 2 aromatic rings. The van der Waals surface area contributed by atoms with Crippen LogP contribution >= 0.6 is 27.5 Å². The van der Waals surface area contributed by atoms with Crippen LogP contribution < -0.4 is 5.32 Å². The Bertz CT molecular complexity index is 945. The van der Waals surface area contributed by atoms with E-state index in [0.717, 1.165) is 30.2 Å². The molecule has 5 nitrogen and oxygen atoms in total. The highest BCUT2D eigenvalue weighted by molar-refractivity contribution is 9.10. The maximum absolute atomic E-state index is 12.7. The van der Waals surface area contributed by atoms with E-state index in [4.69, 9.17) is 16.3 Å². The Labute approximate surface area is 183 Å². The van der Waals surface area contributed by atoms with Crippen molar-refractivity contribution in [3.05, 3.63) is 63.1 Å². The van der Waals surface area contributed by atoms with E-state index in [1.165, 1.54) is 0 Å². The van der Waals surface area contributed by atoms with E-state index in [0.29, 0.717) is 27.5 Å². The Kier molecular flexibility index (Phi) is 7.45. The molecule has 0 radical (unpaired) electrons. The highest BCUT2D eigenvalue weighted by Gasteiger charge is 2.29. The zero-order valence-electron chi connectivity index (χ0n) is 16.1. The highest BCUT2D eigenvalue weighted by atomic mass is 79.9. The number of ether oxygens (including phenoxy) is 1. The predicted octanol–water partition coefficient (Wildman–Crippen LogP) is 5.73. The third-order valence-electron chi connectivity index (χ3n) is 4.57. The van der Waals surface area contributed by atoms with Gasteiger partial charge < -0.3 is 10.1 Å². The average Bonchev–Trinajstić information content (AvgIpc) is 2.82. The first-order valence-electron chi connectivity index (χ1n) is 9.62. The molecule has 0 bridgehead atoms. The van der Waals surface area contributed by atoms with E-state index in [2.05, 4.69) is 33.2 Å². The number of hydrogen-bond acceptors (Lipinski definition) is 4. The first-order valence-corrected chi connectivity index (χ1v) is 10.8. The van der Waals surface area contributed by atoms with Gasteiger partial charge in [0.25, 0.3) is 12.1 Å². The molecule has 1 aliphatic rings. The number of carbonyl (C=O) groups excluding carboxylic acids is 2. The molecule has 0 saturated carbocycles. The van der Waals surface area contributed by atoms with Crippen molar-refractivity contribution in [2.45, 2.75) is 45.3 Å². The van der Waals surface area contributed by atoms with Crippen LogP contribution in [0.15, 0.2) is 51.9 Å². The van der Waals surface area contributed by atoms with Crippen LogP contribution in [0.25, 0.3) is 0 Å². The zero-order chi connectivity index (χ0) is 20.8. The zero-order valence-corrected chi connectivity index (χ0v) is 18.4. The van der Waals surface area contributed by atoms with Crippen LogP contribution in [-0.4, -0.2) is 23.8 Å². The lowest BCUT2D eigenvalue weighted by atomic mass is 10.0. The Hall–Kier alpha value is -2.18. The molecule has 1 aliphatic heterocycles. The van der Waals surface area contributed by atoms with Crippen LogP contribution in [0, 0.1) is 0 Å². The number of halogens is 2. The molecule has 1 N–H and O–H groups in total. The van der Waals surface area contributed by atoms with Gasteiger partial charge >= 0.3 is 5.97 Å². The Morgan fingerprint density at radius 3 is 2.72 bits per heavy atom. The fraction of sp³-hybridized carbons (Fsp3) is 0.318. The number of benzodiazepines with no additional fused rings is 1. The minimum absolute atomic E-state index is 0.263. The molecule has 2 aromatic carbocycles. The average molecular weight is 478 g/mol. The summed E-state index contributed by atoms with van der Waals surface area (Å²) in [6.07, 6.45) is 2.83. The van der Waals surface area contributed by atoms with Crippen molar-refractivity contribution in [2.75, 3.05) is 5.32 Å². The number of benzene rings is 2. The number of esters is 1. The second-order valence-electron chi connectivity index (χ2n) is 6.79. The largest absolute Gasteiger partial charge is 0.430 e. The number of anilines is 1. The second kappa shape index (κ2) is 10.0. The summed E-state index contributed by atoms with van der Waals surface area (Å²) in [5, 5.41) is 3.30. The molecule has 1 unspecified atom stereocenters. The number of rotatable bonds is 7. The number of amides is 1. The van der Waals surface area contributed by atoms with E-state index < -0.39 is 18.1 Å². The molecule has 0 fully saturated rings. The van der Waals surface area contributed by atoms with Crippen molar-refractivity contribution in [3.8, 4) is 0 Å². The SMILES string of the molecule is CCCCCCC(=O)OC1N=C(c2ccccc2Cl)c2cc(Br)ccc2NC1=O. The normalized spacial score (nSPS) is 15.8. The van der Waals surface area contributed by atoms with Crippen LogP contribution in [0.2, 0.25) is 5.02 Å². The van der Waals surface area contributed by atoms with Gasteiger partial charge in [-0.25, -0.2) is 4.99 Å². The van der Waals surface area contributed by atoms with E-state index in [1.807, 2.05) is 30.3 Å². The smallest absolute Gasteiger partial charge is 0.308 e. The van der Waals surface area contributed by atoms with E-state index >= 15 is 0 Å². The van der Waals surface area contributed by atoms with Gasteiger partial charge in [-0.3, -0.25) is 9.59 Å². The van der Waals surface area contributed by atoms with E-state index in [1.54, 1.807) is 12.1 Å². The molecule has 3 rings (SSSR count). The second-order valence-corrected chi connectivity index (χ2v) is 8.11. The number of hydrogen-bond donors (Lipinski definition) is 1. The van der Waals surface area contributed by atoms with Crippen molar-refractivity contribution in [3.63, 3.8) is 0 Å². The maximum atomic E-state index is 12.7. The monoisotopic (exact) mass is 476 g/mol. The standard InChI is InChI=1S/C22H22BrClN2O3/c1-2-3-4-5-10-19(27)29-22-21(28)25-18-12-11-14(23)13-16(18)20(26-22)15-8-6-7-9-17(15)24/h6-9,11-13,22H,2-5,10H2,1H3,(H,25,28). The fourth-order valence-electron chi connectivity index (χ4n) is 3.09. The molecule has 152 valence electrons. The minimum atomic E-state index is -1.27. The maximum Gasteiger partial charge on any atom is 0.308 e. The first-order chi connectivity index (χ1) is 14.0. The minimum Gasteiger partial charge on any atom is -0.430 e. The highest BCUT2D eigenvalue weighted by Crippen LogP contribution is 2.30. The van der Waals surface area contributed by atoms with E-state index in [9.17, 15) is 9.59 Å². The summed E-state index contributed by atoms with van der Waals surface area (Å²) < 4.78 is 6.25. The number of nitrogens with one attached hydrogen (secondary N) is 1. The van der Waals surface area contributed by atoms with Gasteiger partial charge in [-0.15, -0.1) is 0 Å². The molecule has 0 spiro atoms. The number of aliphatic imine (C=N–C) groups is 1. The molecular formula is C22H22BrClN2O3. The van der Waals surface area contributed by atoms with Crippen LogP contribution in [0.5, 0.6) is 0 Å². The van der Waals surface area contributed by atoms with Gasteiger partial charge in [0.15, 0.2) is 0 Å². The molecule has 1 amide bonds. The van der Waals surface area contributed by atoms with Gasteiger partial charge in [-0.1, -0.05) is 71.9 Å². The lowest BCUT2D eigenvalue weighted by molar-refractivity contribution is -0.153. The fourth-order valence-corrected chi connectivity index (χ4v) is 3.67. The molecular weight excluding hydrogens is 456 g/mol. The summed E-state index contributed by atoms with van der Waals surface area (Å²) in [5.74, 6) is -0.923. The number of nitrogens with zero attached hydrogens (tertiary/aromatic N) is 1. The van der Waals surface area contributed by atoms with Gasteiger partial charge in [-0.2, -0.15) is 0 Å². The quantitative estimate of drug-likeness (QED) is 0.409. The van der Waals surface area contributed by atoms with Crippen molar-refractivity contribution in [2.24, 2.45) is 4.99 Å². The third-order valence-corrected chi connectivity index (χ3v) is 5.39. The molecule has 29 heavy (non-hydrogen) atoms. The van der Waals surface area contributed by atoms with Gasteiger partial charge in [0, 0.05) is 27.0 Å². The van der Waals surface area contributed by atoms with Crippen LogP contribution in [-0.2, 0) is 14.3 Å². The van der Waals surface area contributed by atoms with Gasteiger partial charge in [0.1, 0.15) is 0 Å². The number of unbranched alkanes of at least 4 members (excludes halogenated alkanes) is 3. The summed E-state index contributed by atoms with van der Waals surface area (Å²) in [6, 6.07) is 12.7. The molecule has 0 aliphatic carbocycles. The summed E-state index contributed by atoms with van der Waals surface area (Å²) in [4.78, 5) is 29.5. The molecule has 7 heteroatoms. The Morgan fingerprint density at radius 2 is 1.97 bits per heavy atom. The van der Waals surface area contributed by atoms with Crippen LogP contribution in [0.3, 0.4) is 0 Å². The van der Waals surface area contributed by atoms with Gasteiger partial charge in [0.05, 0.1) is 11.4 Å². The summed E-state index contributed by atoms with van der Waals surface area (Å²) >= 11 is 9.86.